The Morgan fingerprint density at radius 2 is 1.34 bits per heavy atom. The zero-order valence-electron chi connectivity index (χ0n) is 16.8. The Bertz CT molecular complexity index is 778. The molecule has 158 valence electrons. The third-order valence-corrected chi connectivity index (χ3v) is 6.62. The lowest BCUT2D eigenvalue weighted by Gasteiger charge is -2.38. The third-order valence-electron chi connectivity index (χ3n) is 6.62. The number of hydrogen-bond acceptors (Lipinski definition) is 8. The number of ether oxygens (including phenoxy) is 6. The van der Waals surface area contributed by atoms with Gasteiger partial charge in [0, 0.05) is 0 Å². The van der Waals surface area contributed by atoms with Gasteiger partial charge in [-0.15, -0.1) is 0 Å². The van der Waals surface area contributed by atoms with E-state index in [9.17, 15) is 9.59 Å². The molecule has 0 aromatic rings. The van der Waals surface area contributed by atoms with Gasteiger partial charge in [-0.2, -0.15) is 0 Å². The Kier molecular flexibility index (Phi) is 3.59. The fourth-order valence-corrected chi connectivity index (χ4v) is 5.57. The van der Waals surface area contributed by atoms with Crippen molar-refractivity contribution in [2.75, 3.05) is 6.54 Å². The Morgan fingerprint density at radius 3 is 2.00 bits per heavy atom. The summed E-state index contributed by atoms with van der Waals surface area (Å²) in [5.74, 6) is -2.93. The quantitative estimate of drug-likeness (QED) is 0.477. The van der Waals surface area contributed by atoms with Crippen LogP contribution in [-0.2, 0) is 38.0 Å². The largest absolute Gasteiger partial charge is 0.365 e. The van der Waals surface area contributed by atoms with Crippen molar-refractivity contribution in [3.05, 3.63) is 12.2 Å². The van der Waals surface area contributed by atoms with Crippen LogP contribution in [0.4, 0.5) is 0 Å². The standard InChI is InChI=1S/C20H25NO8/c1-19(2)26-13-10(25-18-15(14(13)27-19)28-20(3,4)29-18)7-21-16(22)11-8-5-6-9(24-8)12(11)17(21)23/h5-6,8-15,18H,7H2,1-4H3/t8-,9+,10-,11-,12+,13+,14+,15-,18-/m1/s1. The maximum Gasteiger partial charge on any atom is 0.236 e. The summed E-state index contributed by atoms with van der Waals surface area (Å²) in [5.41, 5.74) is 0. The maximum atomic E-state index is 13.0. The molecular formula is C20H25NO8. The minimum atomic E-state index is -0.825. The van der Waals surface area contributed by atoms with Gasteiger partial charge >= 0.3 is 0 Å². The second kappa shape index (κ2) is 5.66. The van der Waals surface area contributed by atoms with E-state index >= 15 is 0 Å². The van der Waals surface area contributed by atoms with Gasteiger partial charge in [0.2, 0.25) is 11.8 Å². The van der Waals surface area contributed by atoms with E-state index in [2.05, 4.69) is 0 Å². The molecule has 5 fully saturated rings. The molecule has 0 unspecified atom stereocenters. The van der Waals surface area contributed by atoms with E-state index in [1.165, 1.54) is 4.90 Å². The lowest BCUT2D eigenvalue weighted by Crippen LogP contribution is -2.58. The smallest absolute Gasteiger partial charge is 0.236 e. The summed E-state index contributed by atoms with van der Waals surface area (Å²) in [6.45, 7) is 7.39. The Labute approximate surface area is 168 Å². The van der Waals surface area contributed by atoms with Crippen LogP contribution in [-0.4, -0.2) is 77.7 Å². The molecule has 6 aliphatic heterocycles. The van der Waals surface area contributed by atoms with Crippen molar-refractivity contribution >= 4 is 11.8 Å². The normalized spacial score (nSPS) is 50.9. The number of carbonyl (C=O) groups excluding carboxylic acids is 2. The molecule has 29 heavy (non-hydrogen) atoms. The molecule has 0 spiro atoms. The summed E-state index contributed by atoms with van der Waals surface area (Å²) in [6.07, 6.45) is 0.578. The minimum absolute atomic E-state index is 0.0950. The summed E-state index contributed by atoms with van der Waals surface area (Å²) in [7, 11) is 0. The van der Waals surface area contributed by atoms with Crippen molar-refractivity contribution in [2.45, 2.75) is 82.2 Å². The monoisotopic (exact) mass is 407 g/mol. The van der Waals surface area contributed by atoms with Gasteiger partial charge in [0.05, 0.1) is 30.6 Å². The van der Waals surface area contributed by atoms with Crippen LogP contribution in [0.3, 0.4) is 0 Å². The zero-order chi connectivity index (χ0) is 20.3. The van der Waals surface area contributed by atoms with Crippen molar-refractivity contribution in [3.63, 3.8) is 0 Å². The van der Waals surface area contributed by atoms with Crippen molar-refractivity contribution in [1.29, 1.82) is 0 Å². The first-order valence-electron chi connectivity index (χ1n) is 10.2. The average Bonchev–Trinajstić information content (AvgIpc) is 3.39. The number of imide groups is 1. The van der Waals surface area contributed by atoms with E-state index in [1.807, 2.05) is 39.8 Å². The molecule has 5 saturated heterocycles. The van der Waals surface area contributed by atoms with Crippen LogP contribution in [0.5, 0.6) is 0 Å². The van der Waals surface area contributed by atoms with Crippen LogP contribution >= 0.6 is 0 Å². The van der Waals surface area contributed by atoms with Crippen molar-refractivity contribution in [3.8, 4) is 0 Å². The molecule has 0 N–H and O–H groups in total. The molecule has 9 atom stereocenters. The molecule has 6 heterocycles. The van der Waals surface area contributed by atoms with Crippen molar-refractivity contribution < 1.29 is 38.0 Å². The van der Waals surface area contributed by atoms with Crippen LogP contribution in [0, 0.1) is 11.8 Å². The van der Waals surface area contributed by atoms with Gasteiger partial charge in [0.25, 0.3) is 0 Å². The Morgan fingerprint density at radius 1 is 0.793 bits per heavy atom. The minimum Gasteiger partial charge on any atom is -0.365 e. The zero-order valence-corrected chi connectivity index (χ0v) is 16.8. The number of rotatable bonds is 2. The molecule has 9 nitrogen and oxygen atoms in total. The van der Waals surface area contributed by atoms with Crippen LogP contribution in [0.25, 0.3) is 0 Å². The lowest BCUT2D eigenvalue weighted by molar-refractivity contribution is -0.236. The Balaban J connectivity index is 1.26. The predicted octanol–water partition coefficient (Wildman–Crippen LogP) is 0.321. The summed E-state index contributed by atoms with van der Waals surface area (Å²) < 4.78 is 36.0. The maximum absolute atomic E-state index is 13.0. The molecular weight excluding hydrogens is 382 g/mol. The molecule has 0 saturated carbocycles. The van der Waals surface area contributed by atoms with Crippen LogP contribution in [0.15, 0.2) is 12.2 Å². The van der Waals surface area contributed by atoms with E-state index in [0.717, 1.165) is 0 Å². The molecule has 0 radical (unpaired) electrons. The SMILES string of the molecule is CC1(C)O[C@H]2[C@@H](O1)[C@@H](CN1C(=O)[C@@H]3[C@H](C1=O)[C@H]1C=C[C@@H]3O1)O[C@@H]1OC(C)(C)O[C@@H]12. The second-order valence-electron chi connectivity index (χ2n) is 9.50. The van der Waals surface area contributed by atoms with E-state index < -0.39 is 54.1 Å². The highest BCUT2D eigenvalue weighted by Crippen LogP contribution is 2.47. The number of carbonyl (C=O) groups is 2. The van der Waals surface area contributed by atoms with Crippen LogP contribution < -0.4 is 0 Å². The number of amides is 2. The van der Waals surface area contributed by atoms with Gasteiger partial charge in [0.15, 0.2) is 17.9 Å². The fourth-order valence-electron chi connectivity index (χ4n) is 5.57. The summed E-state index contributed by atoms with van der Waals surface area (Å²) in [4.78, 5) is 27.3. The van der Waals surface area contributed by atoms with Crippen LogP contribution in [0.2, 0.25) is 0 Å². The predicted molar refractivity (Wildman–Crippen MR) is 94.0 cm³/mol. The average molecular weight is 407 g/mol. The highest BCUT2D eigenvalue weighted by molar-refractivity contribution is 6.06. The van der Waals surface area contributed by atoms with Crippen molar-refractivity contribution in [2.24, 2.45) is 11.8 Å². The third kappa shape index (κ3) is 2.55. The molecule has 2 amide bonds. The number of fused-ring (bicyclic) bond motifs is 8. The Hall–Kier alpha value is -1.36. The van der Waals surface area contributed by atoms with Gasteiger partial charge in [-0.1, -0.05) is 12.2 Å². The van der Waals surface area contributed by atoms with E-state index in [1.54, 1.807) is 0 Å². The van der Waals surface area contributed by atoms with Gasteiger partial charge in [-0.3, -0.25) is 14.5 Å². The van der Waals surface area contributed by atoms with Crippen molar-refractivity contribution in [1.82, 2.24) is 4.90 Å². The lowest BCUT2D eigenvalue weighted by atomic mass is 9.85. The first-order chi connectivity index (χ1) is 13.6. The molecule has 9 heteroatoms. The summed E-state index contributed by atoms with van der Waals surface area (Å²) in [6, 6.07) is 0. The number of nitrogens with zero attached hydrogens (tertiary/aromatic N) is 1. The van der Waals surface area contributed by atoms with Gasteiger partial charge in [-0.25, -0.2) is 0 Å². The van der Waals surface area contributed by atoms with Gasteiger partial charge in [0.1, 0.15) is 24.4 Å². The molecule has 6 aliphatic rings. The highest BCUT2D eigenvalue weighted by Gasteiger charge is 2.64. The molecule has 6 rings (SSSR count). The first kappa shape index (κ1) is 18.4. The summed E-state index contributed by atoms with van der Waals surface area (Å²) >= 11 is 0. The molecule has 0 aromatic carbocycles. The topological polar surface area (TPSA) is 92.8 Å². The molecule has 2 bridgehead atoms. The van der Waals surface area contributed by atoms with E-state index in [0.29, 0.717) is 0 Å². The summed E-state index contributed by atoms with van der Waals surface area (Å²) in [5, 5.41) is 0. The second-order valence-corrected chi connectivity index (χ2v) is 9.50. The van der Waals surface area contributed by atoms with Crippen LogP contribution in [0.1, 0.15) is 27.7 Å². The first-order valence-corrected chi connectivity index (χ1v) is 10.2. The van der Waals surface area contributed by atoms with Gasteiger partial charge < -0.3 is 28.4 Å². The number of hydrogen-bond donors (Lipinski definition) is 0. The van der Waals surface area contributed by atoms with E-state index in [4.69, 9.17) is 28.4 Å². The van der Waals surface area contributed by atoms with Gasteiger partial charge in [-0.05, 0) is 27.7 Å². The highest BCUT2D eigenvalue weighted by atomic mass is 16.9. The van der Waals surface area contributed by atoms with E-state index in [-0.39, 0.29) is 30.6 Å². The molecule has 0 aliphatic carbocycles. The fraction of sp³-hybridized carbons (Fsp3) is 0.800. The molecule has 0 aromatic heterocycles. The number of likely N-dealkylation sites (tertiary alicyclic amines) is 1.